The summed E-state index contributed by atoms with van der Waals surface area (Å²) in [5, 5.41) is 15.7. The van der Waals surface area contributed by atoms with Crippen LogP contribution in [0.3, 0.4) is 0 Å². The molecule has 0 saturated carbocycles. The van der Waals surface area contributed by atoms with Gasteiger partial charge in [0.2, 0.25) is 0 Å². The van der Waals surface area contributed by atoms with Crippen LogP contribution in [-0.2, 0) is 13.1 Å². The maximum atomic E-state index is 14.0. The fourth-order valence-electron chi connectivity index (χ4n) is 5.14. The van der Waals surface area contributed by atoms with Crippen molar-refractivity contribution >= 4 is 27.6 Å². The van der Waals surface area contributed by atoms with Crippen molar-refractivity contribution in [1.82, 2.24) is 24.4 Å². The van der Waals surface area contributed by atoms with E-state index in [1.165, 1.54) is 0 Å². The highest BCUT2D eigenvalue weighted by Crippen LogP contribution is 2.31. The summed E-state index contributed by atoms with van der Waals surface area (Å²) in [5.74, 6) is 0.774. The van der Waals surface area contributed by atoms with Gasteiger partial charge in [-0.1, -0.05) is 49.4 Å². The highest BCUT2D eigenvalue weighted by atomic mass is 16.1. The minimum absolute atomic E-state index is 0.172. The molecule has 3 aromatic heterocycles. The van der Waals surface area contributed by atoms with E-state index in [0.29, 0.717) is 29.7 Å². The van der Waals surface area contributed by atoms with Gasteiger partial charge in [0.15, 0.2) is 0 Å². The van der Waals surface area contributed by atoms with Crippen molar-refractivity contribution in [2.24, 2.45) is 0 Å². The Bertz CT molecular complexity index is 1590. The predicted molar refractivity (Wildman–Crippen MR) is 148 cm³/mol. The van der Waals surface area contributed by atoms with E-state index >= 15 is 0 Å². The van der Waals surface area contributed by atoms with E-state index in [0.717, 1.165) is 60.5 Å². The van der Waals surface area contributed by atoms with Gasteiger partial charge in [-0.25, -0.2) is 4.98 Å². The van der Waals surface area contributed by atoms with Crippen LogP contribution in [0, 0.1) is 11.3 Å². The van der Waals surface area contributed by atoms with Crippen LogP contribution in [0.25, 0.3) is 21.8 Å². The molecule has 1 fully saturated rings. The molecule has 0 amide bonds. The van der Waals surface area contributed by atoms with E-state index in [-0.39, 0.29) is 5.56 Å². The Morgan fingerprint density at radius 3 is 2.76 bits per heavy atom. The second-order valence-corrected chi connectivity index (χ2v) is 9.17. The van der Waals surface area contributed by atoms with E-state index in [1.807, 2.05) is 47.9 Å². The first kappa shape index (κ1) is 24.5. The molecule has 1 saturated heterocycles. The molecule has 0 aliphatic carbocycles. The minimum atomic E-state index is -0.172. The van der Waals surface area contributed by atoms with Crippen molar-refractivity contribution in [2.45, 2.75) is 33.4 Å². The molecule has 188 valence electrons. The summed E-state index contributed by atoms with van der Waals surface area (Å²) >= 11 is 0. The lowest BCUT2D eigenvalue weighted by Crippen LogP contribution is -2.44. The number of benzene rings is 1. The number of hydrogen-bond donors (Lipinski definition) is 1. The number of piperazine rings is 1. The SMILES string of the molecule is C/C=C\C(=C/CC)Cn1c(N2CCNCC2)c(C#N)c2ncn(Cc3nccc4ccccc34)c(=O)c21. The van der Waals surface area contributed by atoms with Crippen molar-refractivity contribution in [3.63, 3.8) is 0 Å². The number of nitrogens with one attached hydrogen (secondary N) is 1. The average molecular weight is 494 g/mol. The molecule has 8 heteroatoms. The van der Waals surface area contributed by atoms with Crippen LogP contribution in [0.1, 0.15) is 31.5 Å². The van der Waals surface area contributed by atoms with Crippen LogP contribution in [0.5, 0.6) is 0 Å². The summed E-state index contributed by atoms with van der Waals surface area (Å²) < 4.78 is 3.61. The molecule has 4 aromatic rings. The van der Waals surface area contributed by atoms with E-state index < -0.39 is 0 Å². The smallest absolute Gasteiger partial charge is 0.278 e. The Morgan fingerprint density at radius 2 is 2.00 bits per heavy atom. The fourth-order valence-corrected chi connectivity index (χ4v) is 5.14. The average Bonchev–Trinajstić information content (AvgIpc) is 3.25. The molecule has 0 unspecified atom stereocenters. The third-order valence-corrected chi connectivity index (χ3v) is 6.79. The Kier molecular flexibility index (Phi) is 7.15. The van der Waals surface area contributed by atoms with Crippen molar-refractivity contribution < 1.29 is 0 Å². The molecule has 4 heterocycles. The largest absolute Gasteiger partial charge is 0.354 e. The molecule has 37 heavy (non-hydrogen) atoms. The first-order valence-electron chi connectivity index (χ1n) is 12.8. The molecule has 0 radical (unpaired) electrons. The molecule has 8 nitrogen and oxygen atoms in total. The number of nitrogens with zero attached hydrogens (tertiary/aromatic N) is 6. The van der Waals surface area contributed by atoms with Crippen LogP contribution in [0.4, 0.5) is 5.82 Å². The lowest BCUT2D eigenvalue weighted by molar-refractivity contribution is 0.576. The number of allylic oxidation sites excluding steroid dienone is 4. The molecule has 5 rings (SSSR count). The van der Waals surface area contributed by atoms with E-state index in [1.54, 1.807) is 17.1 Å². The number of hydrogen-bond acceptors (Lipinski definition) is 6. The summed E-state index contributed by atoms with van der Waals surface area (Å²) in [4.78, 5) is 25.5. The number of anilines is 1. The zero-order chi connectivity index (χ0) is 25.8. The Balaban J connectivity index is 1.71. The van der Waals surface area contributed by atoms with Crippen LogP contribution >= 0.6 is 0 Å². The maximum absolute atomic E-state index is 14.0. The zero-order valence-corrected chi connectivity index (χ0v) is 21.3. The molecule has 0 bridgehead atoms. The van der Waals surface area contributed by atoms with Gasteiger partial charge < -0.3 is 14.8 Å². The fraction of sp³-hybridized carbons (Fsp3) is 0.310. The number of nitriles is 1. The quantitative estimate of drug-likeness (QED) is 0.392. The molecule has 1 aromatic carbocycles. The van der Waals surface area contributed by atoms with Gasteiger partial charge >= 0.3 is 0 Å². The molecular weight excluding hydrogens is 462 g/mol. The van der Waals surface area contributed by atoms with Crippen LogP contribution in [-0.4, -0.2) is 45.3 Å². The lowest BCUT2D eigenvalue weighted by atomic mass is 10.1. The van der Waals surface area contributed by atoms with E-state index in [2.05, 4.69) is 45.3 Å². The van der Waals surface area contributed by atoms with Crippen molar-refractivity contribution in [3.05, 3.63) is 88.3 Å². The summed E-state index contributed by atoms with van der Waals surface area (Å²) in [7, 11) is 0. The summed E-state index contributed by atoms with van der Waals surface area (Å²) in [6.45, 7) is 8.04. The maximum Gasteiger partial charge on any atom is 0.278 e. The van der Waals surface area contributed by atoms with Crippen LogP contribution in [0.2, 0.25) is 0 Å². The third-order valence-electron chi connectivity index (χ3n) is 6.79. The topological polar surface area (TPSA) is 91.8 Å². The van der Waals surface area contributed by atoms with Gasteiger partial charge in [0, 0.05) is 44.3 Å². The van der Waals surface area contributed by atoms with Crippen molar-refractivity contribution in [2.75, 3.05) is 31.1 Å². The van der Waals surface area contributed by atoms with E-state index in [9.17, 15) is 10.1 Å². The lowest BCUT2D eigenvalue weighted by Gasteiger charge is -2.30. The summed E-state index contributed by atoms with van der Waals surface area (Å²) in [6.07, 6.45) is 10.4. The normalized spacial score (nSPS) is 14.6. The first-order valence-corrected chi connectivity index (χ1v) is 12.8. The zero-order valence-electron chi connectivity index (χ0n) is 21.3. The third kappa shape index (κ3) is 4.66. The second kappa shape index (κ2) is 10.8. The number of fused-ring (bicyclic) bond motifs is 2. The minimum Gasteiger partial charge on any atom is -0.354 e. The first-order chi connectivity index (χ1) is 18.2. The number of pyridine rings is 1. The van der Waals surface area contributed by atoms with Crippen LogP contribution in [0.15, 0.2) is 71.5 Å². The Hall–Kier alpha value is -4.22. The highest BCUT2D eigenvalue weighted by Gasteiger charge is 2.27. The second-order valence-electron chi connectivity index (χ2n) is 9.17. The van der Waals surface area contributed by atoms with Gasteiger partial charge in [-0.2, -0.15) is 5.26 Å². The van der Waals surface area contributed by atoms with Gasteiger partial charge in [0.1, 0.15) is 28.5 Å². The van der Waals surface area contributed by atoms with Crippen molar-refractivity contribution in [3.8, 4) is 6.07 Å². The molecule has 0 atom stereocenters. The van der Waals surface area contributed by atoms with Gasteiger partial charge in [-0.3, -0.25) is 14.3 Å². The van der Waals surface area contributed by atoms with Gasteiger partial charge in [-0.15, -0.1) is 0 Å². The van der Waals surface area contributed by atoms with Gasteiger partial charge in [0.25, 0.3) is 5.56 Å². The van der Waals surface area contributed by atoms with Crippen molar-refractivity contribution in [1.29, 1.82) is 5.26 Å². The number of rotatable bonds is 7. The molecule has 1 N–H and O–H groups in total. The molecule has 1 aliphatic rings. The number of aromatic nitrogens is 4. The predicted octanol–water partition coefficient (Wildman–Crippen LogP) is 3.99. The highest BCUT2D eigenvalue weighted by molar-refractivity contribution is 5.89. The standard InChI is InChI=1S/C29H31N7O/c1-3-7-21(8-4-2)18-36-27-26(24(17-30)28(36)34-15-13-31-14-16-34)33-20-35(29(27)37)19-25-23-10-6-5-9-22(23)11-12-32-25/h3,5-12,20,31H,4,13-16,18-19H2,1-2H3/b7-3-,21-8+. The van der Waals surface area contributed by atoms with E-state index in [4.69, 9.17) is 0 Å². The Morgan fingerprint density at radius 1 is 1.19 bits per heavy atom. The monoisotopic (exact) mass is 493 g/mol. The summed E-state index contributed by atoms with van der Waals surface area (Å²) in [5.41, 5.74) is 3.10. The molecule has 0 spiro atoms. The van der Waals surface area contributed by atoms with Crippen LogP contribution < -0.4 is 15.8 Å². The molecule has 1 aliphatic heterocycles. The Labute approximate surface area is 216 Å². The van der Waals surface area contributed by atoms with Gasteiger partial charge in [0.05, 0.1) is 18.6 Å². The molecular formula is C29H31N7O. The summed E-state index contributed by atoms with van der Waals surface area (Å²) in [6, 6.07) is 12.4. The van der Waals surface area contributed by atoms with Gasteiger partial charge in [-0.05, 0) is 30.4 Å².